The predicted molar refractivity (Wildman–Crippen MR) is 112 cm³/mol. The highest BCUT2D eigenvalue weighted by atomic mass is 16.5. The molecule has 3 aliphatic rings. The maximum atomic E-state index is 13.5. The Hall–Kier alpha value is -2.08. The highest BCUT2D eigenvalue weighted by molar-refractivity contribution is 6.00. The lowest BCUT2D eigenvalue weighted by molar-refractivity contribution is -0.126. The van der Waals surface area contributed by atoms with E-state index in [-0.39, 0.29) is 17.9 Å². The van der Waals surface area contributed by atoms with Gasteiger partial charge in [-0.3, -0.25) is 9.59 Å². The summed E-state index contributed by atoms with van der Waals surface area (Å²) < 4.78 is 6.53. The van der Waals surface area contributed by atoms with E-state index in [2.05, 4.69) is 17.3 Å². The summed E-state index contributed by atoms with van der Waals surface area (Å²) in [6.45, 7) is 6.13. The van der Waals surface area contributed by atoms with Gasteiger partial charge in [-0.2, -0.15) is 0 Å². The highest BCUT2D eigenvalue weighted by Crippen LogP contribution is 2.36. The molecule has 6 nitrogen and oxygen atoms in total. The number of carbonyl (C=O) groups is 2. The van der Waals surface area contributed by atoms with Crippen LogP contribution in [0.4, 0.5) is 0 Å². The fraction of sp³-hybridized carbons (Fsp3) is 0.652. The fourth-order valence-corrected chi connectivity index (χ4v) is 4.83. The van der Waals surface area contributed by atoms with Crippen LogP contribution in [0, 0.1) is 6.92 Å². The number of fused-ring (bicyclic) bond motifs is 1. The number of benzene rings is 1. The number of aryl methyl sites for hydroxylation is 1. The highest BCUT2D eigenvalue weighted by Gasteiger charge is 2.44. The normalized spacial score (nSPS) is 23.4. The molecule has 1 aromatic rings. The molecule has 1 aliphatic carbocycles. The van der Waals surface area contributed by atoms with Crippen LogP contribution >= 0.6 is 0 Å². The van der Waals surface area contributed by atoms with Crippen molar-refractivity contribution >= 4 is 11.8 Å². The van der Waals surface area contributed by atoms with Crippen LogP contribution in [0.2, 0.25) is 0 Å². The van der Waals surface area contributed by atoms with Gasteiger partial charge in [-0.1, -0.05) is 24.5 Å². The minimum atomic E-state index is -0.519. The second-order valence-corrected chi connectivity index (χ2v) is 9.19. The van der Waals surface area contributed by atoms with Crippen LogP contribution in [0.1, 0.15) is 61.4 Å². The van der Waals surface area contributed by atoms with E-state index >= 15 is 0 Å². The summed E-state index contributed by atoms with van der Waals surface area (Å²) in [5.41, 5.74) is 1.15. The minimum absolute atomic E-state index is 0.0515. The molecule has 2 aliphatic heterocycles. The van der Waals surface area contributed by atoms with E-state index in [1.54, 1.807) is 4.90 Å². The fourth-order valence-electron chi connectivity index (χ4n) is 4.83. The van der Waals surface area contributed by atoms with Gasteiger partial charge in [0.2, 0.25) is 5.91 Å². The van der Waals surface area contributed by atoms with Gasteiger partial charge in [0.05, 0.1) is 12.1 Å². The lowest BCUT2D eigenvalue weighted by atomic mass is 9.90. The summed E-state index contributed by atoms with van der Waals surface area (Å²) in [6.07, 6.45) is 6.09. The molecular formula is C23H33N3O3. The van der Waals surface area contributed by atoms with Crippen molar-refractivity contribution in [1.82, 2.24) is 15.1 Å². The largest absolute Gasteiger partial charge is 0.484 e. The monoisotopic (exact) mass is 399 g/mol. The molecule has 1 saturated carbocycles. The van der Waals surface area contributed by atoms with Crippen molar-refractivity contribution in [2.45, 2.75) is 70.1 Å². The Morgan fingerprint density at radius 2 is 1.93 bits per heavy atom. The third-order valence-corrected chi connectivity index (χ3v) is 6.86. The van der Waals surface area contributed by atoms with Crippen LogP contribution in [-0.2, 0) is 4.79 Å². The first-order valence-corrected chi connectivity index (χ1v) is 11.0. The number of carbonyl (C=O) groups excluding carboxylic acids is 2. The molecule has 0 aromatic heterocycles. The number of likely N-dealkylation sites (tertiary alicyclic amines) is 1. The molecule has 2 amide bonds. The molecule has 1 atom stereocenters. The van der Waals surface area contributed by atoms with Gasteiger partial charge < -0.3 is 19.9 Å². The van der Waals surface area contributed by atoms with Crippen LogP contribution in [0.25, 0.3) is 0 Å². The Labute approximate surface area is 173 Å². The van der Waals surface area contributed by atoms with E-state index in [4.69, 9.17) is 4.74 Å². The lowest BCUT2D eigenvalue weighted by Gasteiger charge is -2.42. The molecule has 4 rings (SSSR count). The molecule has 158 valence electrons. The number of nitrogens with zero attached hydrogens (tertiary/aromatic N) is 2. The number of rotatable bonds is 3. The quantitative estimate of drug-likeness (QED) is 0.849. The van der Waals surface area contributed by atoms with Gasteiger partial charge in [-0.05, 0) is 45.9 Å². The van der Waals surface area contributed by atoms with Crippen LogP contribution in [0.15, 0.2) is 18.2 Å². The lowest BCUT2D eigenvalue weighted by Crippen LogP contribution is -2.57. The van der Waals surface area contributed by atoms with Crippen molar-refractivity contribution in [3.8, 4) is 5.75 Å². The maximum Gasteiger partial charge on any atom is 0.258 e. The zero-order chi connectivity index (χ0) is 20.6. The standard InChI is InChI=1S/C23H33N3O3/c1-16-8-9-20-19(14-16)22(28)26(15-23(29-20)10-12-25(3)13-11-23)17(2)21(27)24-18-6-4-5-7-18/h8-9,14,17-18H,4-7,10-13,15H2,1-3H3,(H,24,27). The molecule has 6 heteroatoms. The van der Waals surface area contributed by atoms with E-state index in [1.807, 2.05) is 32.0 Å². The van der Waals surface area contributed by atoms with Crippen LogP contribution in [0.3, 0.4) is 0 Å². The van der Waals surface area contributed by atoms with E-state index < -0.39 is 11.6 Å². The minimum Gasteiger partial charge on any atom is -0.484 e. The third kappa shape index (κ3) is 4.13. The van der Waals surface area contributed by atoms with Crippen molar-refractivity contribution < 1.29 is 14.3 Å². The van der Waals surface area contributed by atoms with Gasteiger partial charge in [0, 0.05) is 32.0 Å². The Bertz CT molecular complexity index is 780. The Morgan fingerprint density at radius 3 is 2.62 bits per heavy atom. The van der Waals surface area contributed by atoms with Crippen molar-refractivity contribution in [1.29, 1.82) is 0 Å². The van der Waals surface area contributed by atoms with Gasteiger partial charge in [0.15, 0.2) is 0 Å². The molecule has 1 saturated heterocycles. The first-order valence-electron chi connectivity index (χ1n) is 11.0. The average molecular weight is 400 g/mol. The summed E-state index contributed by atoms with van der Waals surface area (Å²) in [4.78, 5) is 30.6. The first-order chi connectivity index (χ1) is 13.9. The van der Waals surface area contributed by atoms with Crippen LogP contribution in [0.5, 0.6) is 5.75 Å². The number of hydrogen-bond acceptors (Lipinski definition) is 4. The molecule has 0 radical (unpaired) electrons. The van der Waals surface area contributed by atoms with Gasteiger partial charge in [0.25, 0.3) is 5.91 Å². The number of piperidine rings is 1. The molecule has 1 N–H and O–H groups in total. The molecular weight excluding hydrogens is 366 g/mol. The summed E-state index contributed by atoms with van der Waals surface area (Å²) in [5.74, 6) is 0.494. The zero-order valence-corrected chi connectivity index (χ0v) is 17.9. The number of nitrogens with one attached hydrogen (secondary N) is 1. The number of hydrogen-bond donors (Lipinski definition) is 1. The summed E-state index contributed by atoms with van der Waals surface area (Å²) >= 11 is 0. The topological polar surface area (TPSA) is 61.9 Å². The Balaban J connectivity index is 1.63. The first kappa shape index (κ1) is 20.2. The SMILES string of the molecule is Cc1ccc2c(c1)C(=O)N(C(C)C(=O)NC1CCCC1)CC1(CCN(C)CC1)O2. The molecule has 2 heterocycles. The van der Waals surface area contributed by atoms with Gasteiger partial charge >= 0.3 is 0 Å². The van der Waals surface area contributed by atoms with Gasteiger partial charge in [0.1, 0.15) is 17.4 Å². The van der Waals surface area contributed by atoms with Crippen molar-refractivity contribution in [2.24, 2.45) is 0 Å². The molecule has 1 spiro atoms. The van der Waals surface area contributed by atoms with E-state index in [9.17, 15) is 9.59 Å². The molecule has 1 aromatic carbocycles. The van der Waals surface area contributed by atoms with Crippen molar-refractivity contribution in [3.05, 3.63) is 29.3 Å². The van der Waals surface area contributed by atoms with E-state index in [0.29, 0.717) is 17.9 Å². The second-order valence-electron chi connectivity index (χ2n) is 9.19. The maximum absolute atomic E-state index is 13.5. The predicted octanol–water partition coefficient (Wildman–Crippen LogP) is 2.74. The molecule has 2 fully saturated rings. The molecule has 29 heavy (non-hydrogen) atoms. The zero-order valence-electron chi connectivity index (χ0n) is 17.9. The smallest absolute Gasteiger partial charge is 0.258 e. The third-order valence-electron chi connectivity index (χ3n) is 6.86. The van der Waals surface area contributed by atoms with E-state index in [1.165, 1.54) is 12.8 Å². The number of amides is 2. The van der Waals surface area contributed by atoms with Crippen molar-refractivity contribution in [3.63, 3.8) is 0 Å². The Kier molecular flexibility index (Phi) is 5.56. The van der Waals surface area contributed by atoms with Crippen molar-refractivity contribution in [2.75, 3.05) is 26.7 Å². The van der Waals surface area contributed by atoms with E-state index in [0.717, 1.165) is 44.3 Å². The number of ether oxygens (including phenoxy) is 1. The van der Waals surface area contributed by atoms with Crippen LogP contribution in [-0.4, -0.2) is 66.0 Å². The van der Waals surface area contributed by atoms with Gasteiger partial charge in [-0.25, -0.2) is 0 Å². The second kappa shape index (κ2) is 7.98. The summed E-state index contributed by atoms with van der Waals surface area (Å²) in [7, 11) is 2.11. The summed E-state index contributed by atoms with van der Waals surface area (Å²) in [6, 6.07) is 5.51. The van der Waals surface area contributed by atoms with Gasteiger partial charge in [-0.15, -0.1) is 0 Å². The molecule has 1 unspecified atom stereocenters. The summed E-state index contributed by atoms with van der Waals surface area (Å²) in [5, 5.41) is 3.17. The molecule has 0 bridgehead atoms. The van der Waals surface area contributed by atoms with Crippen LogP contribution < -0.4 is 10.1 Å². The average Bonchev–Trinajstić information content (AvgIpc) is 3.18. The Morgan fingerprint density at radius 1 is 1.24 bits per heavy atom.